The van der Waals surface area contributed by atoms with Crippen LogP contribution in [0.4, 0.5) is 0 Å². The standard InChI is InChI=1S/C9H14O4/c1-9(2)12-4-7(13-9)5-3-6(5)8(10)11/h5-7H,3-4H2,1-2H3,(H,10,11)/t5-,6+,7-/m1/s1. The third-order valence-corrected chi connectivity index (χ3v) is 2.66. The fourth-order valence-electron chi connectivity index (χ4n) is 1.84. The van der Waals surface area contributed by atoms with E-state index in [1.165, 1.54) is 0 Å². The van der Waals surface area contributed by atoms with Crippen molar-refractivity contribution in [3.05, 3.63) is 0 Å². The lowest BCUT2D eigenvalue weighted by molar-refractivity contribution is -0.145. The van der Waals surface area contributed by atoms with Crippen molar-refractivity contribution in [2.75, 3.05) is 6.61 Å². The van der Waals surface area contributed by atoms with Gasteiger partial charge >= 0.3 is 5.97 Å². The molecule has 4 heteroatoms. The van der Waals surface area contributed by atoms with Crippen molar-refractivity contribution in [1.82, 2.24) is 0 Å². The highest BCUT2D eigenvalue weighted by Gasteiger charge is 2.52. The Morgan fingerprint density at radius 1 is 1.54 bits per heavy atom. The molecule has 0 bridgehead atoms. The van der Waals surface area contributed by atoms with E-state index < -0.39 is 11.8 Å². The van der Waals surface area contributed by atoms with Crippen LogP contribution in [-0.2, 0) is 14.3 Å². The molecule has 0 aromatic carbocycles. The maximum atomic E-state index is 10.6. The molecule has 0 aromatic rings. The van der Waals surface area contributed by atoms with Crippen LogP contribution in [0.15, 0.2) is 0 Å². The van der Waals surface area contributed by atoms with Crippen LogP contribution in [0.25, 0.3) is 0 Å². The van der Waals surface area contributed by atoms with Crippen molar-refractivity contribution in [3.8, 4) is 0 Å². The van der Waals surface area contributed by atoms with Crippen molar-refractivity contribution in [1.29, 1.82) is 0 Å². The summed E-state index contributed by atoms with van der Waals surface area (Å²) >= 11 is 0. The minimum atomic E-state index is -0.710. The first-order valence-electron chi connectivity index (χ1n) is 4.54. The first-order valence-corrected chi connectivity index (χ1v) is 4.54. The zero-order valence-corrected chi connectivity index (χ0v) is 7.82. The fourth-order valence-corrected chi connectivity index (χ4v) is 1.84. The van der Waals surface area contributed by atoms with Crippen LogP contribution in [0.1, 0.15) is 20.3 Å². The molecule has 2 aliphatic rings. The van der Waals surface area contributed by atoms with E-state index in [0.717, 1.165) is 6.42 Å². The number of hydrogen-bond acceptors (Lipinski definition) is 3. The van der Waals surface area contributed by atoms with Gasteiger partial charge in [0.15, 0.2) is 5.79 Å². The van der Waals surface area contributed by atoms with Gasteiger partial charge in [-0.1, -0.05) is 0 Å². The third-order valence-electron chi connectivity index (χ3n) is 2.66. The lowest BCUT2D eigenvalue weighted by Gasteiger charge is -2.16. The summed E-state index contributed by atoms with van der Waals surface area (Å²) in [6.45, 7) is 4.23. The van der Waals surface area contributed by atoms with E-state index in [0.29, 0.717) is 6.61 Å². The zero-order valence-electron chi connectivity index (χ0n) is 7.82. The molecule has 1 heterocycles. The maximum Gasteiger partial charge on any atom is 0.306 e. The SMILES string of the molecule is CC1(C)OC[C@H]([C@@H]2C[C@@H]2C(=O)O)O1. The number of hydrogen-bond donors (Lipinski definition) is 1. The summed E-state index contributed by atoms with van der Waals surface area (Å²) in [5.74, 6) is -1.28. The van der Waals surface area contributed by atoms with Crippen molar-refractivity contribution < 1.29 is 19.4 Å². The van der Waals surface area contributed by atoms with Crippen LogP contribution in [-0.4, -0.2) is 29.6 Å². The van der Waals surface area contributed by atoms with Crippen LogP contribution in [0, 0.1) is 11.8 Å². The second kappa shape index (κ2) is 2.69. The second-order valence-corrected chi connectivity index (χ2v) is 4.21. The molecule has 1 aliphatic carbocycles. The van der Waals surface area contributed by atoms with Crippen molar-refractivity contribution in [2.24, 2.45) is 11.8 Å². The molecule has 0 unspecified atom stereocenters. The molecule has 3 atom stereocenters. The summed E-state index contributed by atoms with van der Waals surface area (Å²) in [5, 5.41) is 8.72. The third kappa shape index (κ3) is 1.69. The van der Waals surface area contributed by atoms with Crippen molar-refractivity contribution >= 4 is 5.97 Å². The van der Waals surface area contributed by atoms with Gasteiger partial charge in [0.1, 0.15) is 0 Å². The van der Waals surface area contributed by atoms with E-state index in [1.807, 2.05) is 13.8 Å². The molecule has 1 saturated carbocycles. The Morgan fingerprint density at radius 2 is 2.23 bits per heavy atom. The Kier molecular flexibility index (Phi) is 1.85. The number of carboxylic acid groups (broad SMARTS) is 1. The van der Waals surface area contributed by atoms with E-state index in [2.05, 4.69) is 0 Å². The molecule has 13 heavy (non-hydrogen) atoms. The van der Waals surface area contributed by atoms with Crippen molar-refractivity contribution in [2.45, 2.75) is 32.2 Å². The molecule has 74 valence electrons. The van der Waals surface area contributed by atoms with Gasteiger partial charge in [-0.2, -0.15) is 0 Å². The average Bonchev–Trinajstić information content (AvgIpc) is 2.71. The molecular weight excluding hydrogens is 172 g/mol. The zero-order chi connectivity index (χ0) is 9.64. The van der Waals surface area contributed by atoms with E-state index in [9.17, 15) is 4.79 Å². The maximum absolute atomic E-state index is 10.6. The van der Waals surface area contributed by atoms with E-state index >= 15 is 0 Å². The molecule has 0 radical (unpaired) electrons. The van der Waals surface area contributed by atoms with Crippen LogP contribution in [0.3, 0.4) is 0 Å². The number of ether oxygens (including phenoxy) is 2. The molecule has 1 N–H and O–H groups in total. The van der Waals surface area contributed by atoms with Crippen LogP contribution in [0.2, 0.25) is 0 Å². The molecule has 0 amide bonds. The quantitative estimate of drug-likeness (QED) is 0.694. The van der Waals surface area contributed by atoms with Gasteiger partial charge in [0.05, 0.1) is 18.6 Å². The number of aliphatic carboxylic acids is 1. The van der Waals surface area contributed by atoms with E-state index in [-0.39, 0.29) is 17.9 Å². The van der Waals surface area contributed by atoms with Gasteiger partial charge in [0.25, 0.3) is 0 Å². The normalized spacial score (nSPS) is 41.8. The monoisotopic (exact) mass is 186 g/mol. The molecular formula is C9H14O4. The number of carbonyl (C=O) groups is 1. The highest BCUT2D eigenvalue weighted by Crippen LogP contribution is 2.45. The van der Waals surface area contributed by atoms with Gasteiger partial charge in [0.2, 0.25) is 0 Å². The predicted molar refractivity (Wildman–Crippen MR) is 44.1 cm³/mol. The van der Waals surface area contributed by atoms with E-state index in [1.54, 1.807) is 0 Å². The second-order valence-electron chi connectivity index (χ2n) is 4.21. The first-order chi connectivity index (χ1) is 5.99. The summed E-state index contributed by atoms with van der Waals surface area (Å²) in [7, 11) is 0. The molecule has 1 saturated heterocycles. The summed E-state index contributed by atoms with van der Waals surface area (Å²) in [6, 6.07) is 0. The summed E-state index contributed by atoms with van der Waals surface area (Å²) < 4.78 is 10.9. The summed E-state index contributed by atoms with van der Waals surface area (Å²) in [6.07, 6.45) is 0.718. The minimum Gasteiger partial charge on any atom is -0.481 e. The Labute approximate surface area is 76.8 Å². The van der Waals surface area contributed by atoms with Gasteiger partial charge < -0.3 is 14.6 Å². The Bertz CT molecular complexity index is 236. The van der Waals surface area contributed by atoms with Crippen LogP contribution >= 0.6 is 0 Å². The number of rotatable bonds is 2. The van der Waals surface area contributed by atoms with Gasteiger partial charge in [-0.15, -0.1) is 0 Å². The van der Waals surface area contributed by atoms with Gasteiger partial charge in [-0.3, -0.25) is 4.79 Å². The Hall–Kier alpha value is -0.610. The Balaban J connectivity index is 1.89. The smallest absolute Gasteiger partial charge is 0.306 e. The molecule has 0 spiro atoms. The van der Waals surface area contributed by atoms with Gasteiger partial charge in [-0.05, 0) is 20.3 Å². The lowest BCUT2D eigenvalue weighted by atomic mass is 10.2. The predicted octanol–water partition coefficient (Wildman–Crippen LogP) is 0.859. The lowest BCUT2D eigenvalue weighted by Crippen LogP contribution is -2.23. The topological polar surface area (TPSA) is 55.8 Å². The largest absolute Gasteiger partial charge is 0.481 e. The highest BCUT2D eigenvalue weighted by atomic mass is 16.7. The van der Waals surface area contributed by atoms with E-state index in [4.69, 9.17) is 14.6 Å². The van der Waals surface area contributed by atoms with Crippen molar-refractivity contribution in [3.63, 3.8) is 0 Å². The molecule has 2 rings (SSSR count). The Morgan fingerprint density at radius 3 is 2.62 bits per heavy atom. The molecule has 4 nitrogen and oxygen atoms in total. The fraction of sp³-hybridized carbons (Fsp3) is 0.889. The highest BCUT2D eigenvalue weighted by molar-refractivity contribution is 5.73. The average molecular weight is 186 g/mol. The first kappa shape index (κ1) is 8.97. The van der Waals surface area contributed by atoms with Gasteiger partial charge in [0, 0.05) is 5.92 Å². The van der Waals surface area contributed by atoms with Crippen LogP contribution in [0.5, 0.6) is 0 Å². The summed E-state index contributed by atoms with van der Waals surface area (Å²) in [4.78, 5) is 10.6. The van der Waals surface area contributed by atoms with Crippen LogP contribution < -0.4 is 0 Å². The molecule has 1 aliphatic heterocycles. The molecule has 2 fully saturated rings. The number of carboxylic acids is 1. The summed E-state index contributed by atoms with van der Waals surface area (Å²) in [5.41, 5.74) is 0. The van der Waals surface area contributed by atoms with Gasteiger partial charge in [-0.25, -0.2) is 0 Å². The minimum absolute atomic E-state index is 0.0175. The molecule has 0 aromatic heterocycles.